The van der Waals surface area contributed by atoms with Crippen molar-refractivity contribution in [2.45, 2.75) is 9.92 Å². The number of hydrogen-bond donors (Lipinski definition) is 1. The van der Waals surface area contributed by atoms with Gasteiger partial charge in [-0.1, -0.05) is 23.4 Å². The van der Waals surface area contributed by atoms with E-state index in [4.69, 9.17) is 17.3 Å². The van der Waals surface area contributed by atoms with Gasteiger partial charge in [0.05, 0.1) is 11.2 Å². The van der Waals surface area contributed by atoms with Gasteiger partial charge in [0, 0.05) is 4.90 Å². The normalized spacial score (nSPS) is 10.5. The molecule has 0 aliphatic rings. The van der Waals surface area contributed by atoms with Gasteiger partial charge in [0.15, 0.2) is 11.6 Å². The molecule has 0 saturated heterocycles. The van der Waals surface area contributed by atoms with Crippen LogP contribution in [0.2, 0.25) is 5.02 Å². The van der Waals surface area contributed by atoms with Gasteiger partial charge in [0.25, 0.3) is 0 Å². The maximum Gasteiger partial charge on any atom is 0.221 e. The SMILES string of the molecule is Nc1ncc(Cl)c(Sc2ccc(F)c(F)c2)n1. The molecule has 2 N–H and O–H groups in total. The quantitative estimate of drug-likeness (QED) is 0.854. The van der Waals surface area contributed by atoms with E-state index in [0.29, 0.717) is 14.9 Å². The highest BCUT2D eigenvalue weighted by atomic mass is 35.5. The number of benzene rings is 1. The predicted molar refractivity (Wildman–Crippen MR) is 61.9 cm³/mol. The van der Waals surface area contributed by atoms with E-state index >= 15 is 0 Å². The molecule has 7 heteroatoms. The Balaban J connectivity index is 2.31. The average molecular weight is 274 g/mol. The number of nitrogens with two attached hydrogens (primary N) is 1. The zero-order valence-corrected chi connectivity index (χ0v) is 9.90. The highest BCUT2D eigenvalue weighted by Gasteiger charge is 2.08. The first-order valence-electron chi connectivity index (χ1n) is 4.47. The molecule has 2 aromatic rings. The Morgan fingerprint density at radius 1 is 1.24 bits per heavy atom. The molecule has 0 unspecified atom stereocenters. The monoisotopic (exact) mass is 273 g/mol. The molecule has 0 bridgehead atoms. The van der Waals surface area contributed by atoms with Crippen LogP contribution in [0.4, 0.5) is 14.7 Å². The highest BCUT2D eigenvalue weighted by molar-refractivity contribution is 7.99. The summed E-state index contributed by atoms with van der Waals surface area (Å²) >= 11 is 6.93. The molecule has 0 amide bonds. The van der Waals surface area contributed by atoms with Crippen molar-refractivity contribution < 1.29 is 8.78 Å². The fraction of sp³-hybridized carbons (Fsp3) is 0. The van der Waals surface area contributed by atoms with E-state index < -0.39 is 11.6 Å². The fourth-order valence-electron chi connectivity index (χ4n) is 1.09. The average Bonchev–Trinajstić information content (AvgIpc) is 2.29. The summed E-state index contributed by atoms with van der Waals surface area (Å²) < 4.78 is 25.7. The molecular weight excluding hydrogens is 268 g/mol. The summed E-state index contributed by atoms with van der Waals surface area (Å²) in [7, 11) is 0. The topological polar surface area (TPSA) is 51.8 Å². The molecule has 1 aromatic heterocycles. The molecule has 3 nitrogen and oxygen atoms in total. The summed E-state index contributed by atoms with van der Waals surface area (Å²) in [6.07, 6.45) is 1.35. The van der Waals surface area contributed by atoms with Crippen molar-refractivity contribution in [2.24, 2.45) is 0 Å². The Morgan fingerprint density at radius 3 is 2.71 bits per heavy atom. The van der Waals surface area contributed by atoms with E-state index in [1.807, 2.05) is 0 Å². The molecule has 0 aliphatic heterocycles. The summed E-state index contributed by atoms with van der Waals surface area (Å²) in [6.45, 7) is 0. The third-order valence-corrected chi connectivity index (χ3v) is 3.22. The van der Waals surface area contributed by atoms with E-state index in [9.17, 15) is 8.78 Å². The first-order valence-corrected chi connectivity index (χ1v) is 5.66. The molecule has 0 spiro atoms. The van der Waals surface area contributed by atoms with E-state index in [1.165, 1.54) is 12.3 Å². The molecule has 0 fully saturated rings. The van der Waals surface area contributed by atoms with Gasteiger partial charge in [0.1, 0.15) is 5.03 Å². The Morgan fingerprint density at radius 2 is 2.00 bits per heavy atom. The minimum absolute atomic E-state index is 0.0690. The molecule has 0 saturated carbocycles. The number of halogens is 3. The number of nitrogen functional groups attached to an aromatic ring is 1. The van der Waals surface area contributed by atoms with Gasteiger partial charge in [-0.2, -0.15) is 0 Å². The van der Waals surface area contributed by atoms with Crippen LogP contribution in [0.1, 0.15) is 0 Å². The molecule has 0 radical (unpaired) electrons. The van der Waals surface area contributed by atoms with Crippen LogP contribution < -0.4 is 5.73 Å². The van der Waals surface area contributed by atoms with Crippen LogP contribution >= 0.6 is 23.4 Å². The summed E-state index contributed by atoms with van der Waals surface area (Å²) in [6, 6.07) is 3.53. The van der Waals surface area contributed by atoms with Crippen LogP contribution in [-0.2, 0) is 0 Å². The number of aromatic nitrogens is 2. The Hall–Kier alpha value is -1.40. The molecular formula is C10H6ClF2N3S. The van der Waals surface area contributed by atoms with Gasteiger partial charge in [-0.05, 0) is 18.2 Å². The summed E-state index contributed by atoms with van der Waals surface area (Å²) in [5.74, 6) is -1.75. The Kier molecular flexibility index (Phi) is 3.44. The second-order valence-corrected chi connectivity index (χ2v) is 4.53. The molecule has 0 atom stereocenters. The molecule has 88 valence electrons. The lowest BCUT2D eigenvalue weighted by Gasteiger charge is -2.03. The molecule has 2 rings (SSSR count). The van der Waals surface area contributed by atoms with Gasteiger partial charge >= 0.3 is 0 Å². The third kappa shape index (κ3) is 2.83. The van der Waals surface area contributed by atoms with E-state index in [0.717, 1.165) is 23.9 Å². The third-order valence-electron chi connectivity index (χ3n) is 1.84. The largest absolute Gasteiger partial charge is 0.368 e. The Labute approximate surface area is 105 Å². The van der Waals surface area contributed by atoms with Crippen LogP contribution in [0.5, 0.6) is 0 Å². The van der Waals surface area contributed by atoms with Crippen LogP contribution in [0.25, 0.3) is 0 Å². The maximum atomic E-state index is 13.0. The van der Waals surface area contributed by atoms with Crippen molar-refractivity contribution in [3.8, 4) is 0 Å². The van der Waals surface area contributed by atoms with Gasteiger partial charge in [-0.25, -0.2) is 18.7 Å². The van der Waals surface area contributed by atoms with Gasteiger partial charge in [0.2, 0.25) is 5.95 Å². The summed E-state index contributed by atoms with van der Waals surface area (Å²) in [4.78, 5) is 8.08. The van der Waals surface area contributed by atoms with Crippen LogP contribution in [0, 0.1) is 11.6 Å². The first-order chi connectivity index (χ1) is 8.06. The van der Waals surface area contributed by atoms with Gasteiger partial charge in [-0.3, -0.25) is 0 Å². The van der Waals surface area contributed by atoms with Crippen molar-refractivity contribution in [1.29, 1.82) is 0 Å². The van der Waals surface area contributed by atoms with E-state index in [2.05, 4.69) is 9.97 Å². The van der Waals surface area contributed by atoms with Gasteiger partial charge in [-0.15, -0.1) is 0 Å². The van der Waals surface area contributed by atoms with Crippen molar-refractivity contribution >= 4 is 29.3 Å². The van der Waals surface area contributed by atoms with Gasteiger partial charge < -0.3 is 5.73 Å². The second kappa shape index (κ2) is 4.85. The summed E-state index contributed by atoms with van der Waals surface area (Å²) in [5, 5.41) is 0.694. The minimum Gasteiger partial charge on any atom is -0.368 e. The van der Waals surface area contributed by atoms with Crippen molar-refractivity contribution in [3.05, 3.63) is 41.1 Å². The van der Waals surface area contributed by atoms with Crippen LogP contribution in [-0.4, -0.2) is 9.97 Å². The zero-order valence-electron chi connectivity index (χ0n) is 8.32. The van der Waals surface area contributed by atoms with Crippen molar-refractivity contribution in [1.82, 2.24) is 9.97 Å². The number of hydrogen-bond acceptors (Lipinski definition) is 4. The second-order valence-electron chi connectivity index (χ2n) is 3.06. The summed E-state index contributed by atoms with van der Waals surface area (Å²) in [5.41, 5.74) is 5.41. The predicted octanol–water partition coefficient (Wildman–Crippen LogP) is 3.14. The maximum absolute atomic E-state index is 13.0. The molecule has 1 heterocycles. The highest BCUT2D eigenvalue weighted by Crippen LogP contribution is 2.32. The zero-order chi connectivity index (χ0) is 12.4. The standard InChI is InChI=1S/C10H6ClF2N3S/c11-6-4-15-10(14)16-9(6)17-5-1-2-7(12)8(13)3-5/h1-4H,(H2,14,15,16). The smallest absolute Gasteiger partial charge is 0.221 e. The molecule has 17 heavy (non-hydrogen) atoms. The lowest BCUT2D eigenvalue weighted by atomic mass is 10.3. The van der Waals surface area contributed by atoms with E-state index in [-0.39, 0.29) is 5.95 Å². The fourth-order valence-corrected chi connectivity index (χ4v) is 2.11. The molecule has 0 aliphatic carbocycles. The first kappa shape index (κ1) is 12.1. The van der Waals surface area contributed by atoms with Crippen molar-refractivity contribution in [2.75, 3.05) is 5.73 Å². The minimum atomic E-state index is -0.923. The van der Waals surface area contributed by atoms with Crippen LogP contribution in [0.3, 0.4) is 0 Å². The van der Waals surface area contributed by atoms with Crippen molar-refractivity contribution in [3.63, 3.8) is 0 Å². The Bertz CT molecular complexity index is 565. The number of nitrogens with zero attached hydrogens (tertiary/aromatic N) is 2. The number of anilines is 1. The van der Waals surface area contributed by atoms with E-state index in [1.54, 1.807) is 0 Å². The number of rotatable bonds is 2. The van der Waals surface area contributed by atoms with Crippen LogP contribution in [0.15, 0.2) is 34.3 Å². The lowest BCUT2D eigenvalue weighted by Crippen LogP contribution is -1.95. The lowest BCUT2D eigenvalue weighted by molar-refractivity contribution is 0.506. The molecule has 1 aromatic carbocycles.